The summed E-state index contributed by atoms with van der Waals surface area (Å²) >= 11 is 7.07. The first-order valence-corrected chi connectivity index (χ1v) is 11.2. The maximum atomic E-state index is 13.3. The van der Waals surface area contributed by atoms with E-state index >= 15 is 0 Å². The van der Waals surface area contributed by atoms with Crippen molar-refractivity contribution < 1.29 is 9.18 Å². The molecule has 4 aromatic rings. The van der Waals surface area contributed by atoms with Gasteiger partial charge in [-0.15, -0.1) is 0 Å². The Morgan fingerprint density at radius 3 is 2.44 bits per heavy atom. The molecule has 0 aliphatic carbocycles. The Kier molecular flexibility index (Phi) is 6.87. The smallest absolute Gasteiger partial charge is 0.262 e. The first-order chi connectivity index (χ1) is 15.5. The van der Waals surface area contributed by atoms with Crippen LogP contribution in [-0.4, -0.2) is 21.2 Å². The van der Waals surface area contributed by atoms with Gasteiger partial charge < -0.3 is 5.32 Å². The van der Waals surface area contributed by atoms with Gasteiger partial charge in [0.25, 0.3) is 5.56 Å². The van der Waals surface area contributed by atoms with Crippen LogP contribution in [0.2, 0.25) is 5.02 Å². The quantitative estimate of drug-likeness (QED) is 0.317. The highest BCUT2D eigenvalue weighted by Crippen LogP contribution is 2.19. The lowest BCUT2D eigenvalue weighted by molar-refractivity contribution is -0.118. The molecule has 32 heavy (non-hydrogen) atoms. The van der Waals surface area contributed by atoms with Crippen LogP contribution in [0.25, 0.3) is 10.9 Å². The molecule has 0 aliphatic heterocycles. The minimum absolute atomic E-state index is 0.0990. The van der Waals surface area contributed by atoms with E-state index in [2.05, 4.69) is 10.3 Å². The minimum Gasteiger partial charge on any atom is -0.351 e. The van der Waals surface area contributed by atoms with Crippen molar-refractivity contribution in [3.8, 4) is 0 Å². The number of benzene rings is 3. The molecular formula is C24H19ClFN3O2S. The lowest BCUT2D eigenvalue weighted by atomic mass is 10.2. The number of halogens is 2. The number of thioether (sulfide) groups is 1. The predicted octanol–water partition coefficient (Wildman–Crippen LogP) is 4.65. The van der Waals surface area contributed by atoms with Crippen molar-refractivity contribution in [1.29, 1.82) is 0 Å². The molecule has 5 nitrogen and oxygen atoms in total. The monoisotopic (exact) mass is 467 g/mol. The molecular weight excluding hydrogens is 449 g/mol. The van der Waals surface area contributed by atoms with Crippen LogP contribution in [0.3, 0.4) is 0 Å². The molecule has 162 valence electrons. The second-order valence-corrected chi connectivity index (χ2v) is 8.50. The van der Waals surface area contributed by atoms with Crippen molar-refractivity contribution in [2.45, 2.75) is 18.2 Å². The van der Waals surface area contributed by atoms with Gasteiger partial charge in [-0.3, -0.25) is 14.2 Å². The van der Waals surface area contributed by atoms with Gasteiger partial charge in [0.05, 0.1) is 23.2 Å². The van der Waals surface area contributed by atoms with Crippen molar-refractivity contribution in [3.63, 3.8) is 0 Å². The third-order valence-corrected chi connectivity index (χ3v) is 6.04. The molecule has 0 saturated heterocycles. The van der Waals surface area contributed by atoms with Gasteiger partial charge in [0.15, 0.2) is 5.16 Å². The molecule has 0 aliphatic rings. The molecule has 0 fully saturated rings. The molecule has 4 rings (SSSR count). The SMILES string of the molecule is O=C(CSc1nc2ccccc2c(=O)n1Cc1ccc(F)cc1)NCc1ccc(Cl)cc1. The molecule has 3 aromatic carbocycles. The number of amides is 1. The number of hydrogen-bond donors (Lipinski definition) is 1. The number of carbonyl (C=O) groups is 1. The fourth-order valence-corrected chi connectivity index (χ4v) is 4.11. The highest BCUT2D eigenvalue weighted by Gasteiger charge is 2.14. The van der Waals surface area contributed by atoms with Crippen molar-refractivity contribution in [1.82, 2.24) is 14.9 Å². The normalized spacial score (nSPS) is 10.9. The molecule has 8 heteroatoms. The maximum Gasteiger partial charge on any atom is 0.262 e. The van der Waals surface area contributed by atoms with Crippen LogP contribution in [0.5, 0.6) is 0 Å². The Morgan fingerprint density at radius 2 is 1.69 bits per heavy atom. The molecule has 1 heterocycles. The number of rotatable bonds is 7. The molecule has 1 aromatic heterocycles. The van der Waals surface area contributed by atoms with Gasteiger partial charge in [-0.1, -0.05) is 59.8 Å². The summed E-state index contributed by atoms with van der Waals surface area (Å²) in [6, 6.07) is 20.3. The van der Waals surface area contributed by atoms with Gasteiger partial charge in [-0.05, 0) is 47.5 Å². The molecule has 0 bridgehead atoms. The topological polar surface area (TPSA) is 64.0 Å². The summed E-state index contributed by atoms with van der Waals surface area (Å²) in [5.74, 6) is -0.424. The number of hydrogen-bond acceptors (Lipinski definition) is 4. The van der Waals surface area contributed by atoms with Crippen LogP contribution in [-0.2, 0) is 17.9 Å². The van der Waals surface area contributed by atoms with E-state index in [1.54, 1.807) is 42.5 Å². The van der Waals surface area contributed by atoms with Crippen LogP contribution < -0.4 is 10.9 Å². The second kappa shape index (κ2) is 9.97. The van der Waals surface area contributed by atoms with Crippen LogP contribution >= 0.6 is 23.4 Å². The van der Waals surface area contributed by atoms with Gasteiger partial charge in [0.2, 0.25) is 5.91 Å². The fourth-order valence-electron chi connectivity index (χ4n) is 3.15. The average Bonchev–Trinajstić information content (AvgIpc) is 2.80. The minimum atomic E-state index is -0.343. The molecule has 0 unspecified atom stereocenters. The Balaban J connectivity index is 1.53. The summed E-state index contributed by atoms with van der Waals surface area (Å²) in [5, 5.41) is 4.41. The van der Waals surface area contributed by atoms with E-state index in [0.29, 0.717) is 27.6 Å². The predicted molar refractivity (Wildman–Crippen MR) is 126 cm³/mol. The summed E-state index contributed by atoms with van der Waals surface area (Å²) < 4.78 is 14.8. The van der Waals surface area contributed by atoms with E-state index in [-0.39, 0.29) is 29.6 Å². The first-order valence-electron chi connectivity index (χ1n) is 9.87. The number of carbonyl (C=O) groups excluding carboxylic acids is 1. The van der Waals surface area contributed by atoms with Gasteiger partial charge in [0.1, 0.15) is 5.82 Å². The Morgan fingerprint density at radius 1 is 1.00 bits per heavy atom. The van der Waals surface area contributed by atoms with E-state index in [1.165, 1.54) is 28.5 Å². The summed E-state index contributed by atoms with van der Waals surface area (Å²) in [6.45, 7) is 0.607. The van der Waals surface area contributed by atoms with Gasteiger partial charge >= 0.3 is 0 Å². The summed E-state index contributed by atoms with van der Waals surface area (Å²) in [7, 11) is 0. The van der Waals surface area contributed by atoms with E-state index in [1.807, 2.05) is 18.2 Å². The number of aromatic nitrogens is 2. The highest BCUT2D eigenvalue weighted by atomic mass is 35.5. The van der Waals surface area contributed by atoms with Crippen molar-refractivity contribution in [3.05, 3.63) is 105 Å². The van der Waals surface area contributed by atoms with Crippen molar-refractivity contribution in [2.75, 3.05) is 5.75 Å². The zero-order valence-corrected chi connectivity index (χ0v) is 18.5. The molecule has 0 atom stereocenters. The zero-order valence-electron chi connectivity index (χ0n) is 16.9. The second-order valence-electron chi connectivity index (χ2n) is 7.12. The third-order valence-electron chi connectivity index (χ3n) is 4.82. The Hall–Kier alpha value is -3.16. The number of nitrogens with zero attached hydrogens (tertiary/aromatic N) is 2. The summed E-state index contributed by atoms with van der Waals surface area (Å²) in [4.78, 5) is 30.1. The van der Waals surface area contributed by atoms with E-state index < -0.39 is 0 Å². The fraction of sp³-hybridized carbons (Fsp3) is 0.125. The highest BCUT2D eigenvalue weighted by molar-refractivity contribution is 7.99. The number of para-hydroxylation sites is 1. The van der Waals surface area contributed by atoms with Gasteiger partial charge in [-0.2, -0.15) is 0 Å². The van der Waals surface area contributed by atoms with E-state index in [9.17, 15) is 14.0 Å². The summed E-state index contributed by atoms with van der Waals surface area (Å²) in [5.41, 5.74) is 2.06. The molecule has 0 saturated carbocycles. The molecule has 1 N–H and O–H groups in total. The average molecular weight is 468 g/mol. The number of fused-ring (bicyclic) bond motifs is 1. The summed E-state index contributed by atoms with van der Waals surface area (Å²) in [6.07, 6.45) is 0. The molecule has 0 spiro atoms. The largest absolute Gasteiger partial charge is 0.351 e. The van der Waals surface area contributed by atoms with Gasteiger partial charge in [0, 0.05) is 11.6 Å². The van der Waals surface area contributed by atoms with Crippen LogP contribution in [0.1, 0.15) is 11.1 Å². The zero-order chi connectivity index (χ0) is 22.5. The first kappa shape index (κ1) is 22.0. The van der Waals surface area contributed by atoms with E-state index in [0.717, 1.165) is 11.1 Å². The van der Waals surface area contributed by atoms with Crippen LogP contribution in [0, 0.1) is 5.82 Å². The molecule has 1 amide bonds. The number of nitrogens with one attached hydrogen (secondary N) is 1. The van der Waals surface area contributed by atoms with Crippen molar-refractivity contribution >= 4 is 40.2 Å². The third kappa shape index (κ3) is 5.36. The van der Waals surface area contributed by atoms with Gasteiger partial charge in [-0.25, -0.2) is 9.37 Å². The van der Waals surface area contributed by atoms with E-state index in [4.69, 9.17) is 11.6 Å². The lowest BCUT2D eigenvalue weighted by Gasteiger charge is -2.13. The maximum absolute atomic E-state index is 13.3. The Labute approximate surface area is 193 Å². The molecule has 0 radical (unpaired) electrons. The standard InChI is InChI=1S/C24H19ClFN3O2S/c25-18-9-5-16(6-10-18)13-27-22(30)15-32-24-28-21-4-2-1-3-20(21)23(31)29(24)14-17-7-11-19(26)12-8-17/h1-12H,13-15H2,(H,27,30). The van der Waals surface area contributed by atoms with Crippen LogP contribution in [0.4, 0.5) is 4.39 Å². The van der Waals surface area contributed by atoms with Crippen LogP contribution in [0.15, 0.2) is 82.7 Å². The Bertz CT molecular complexity index is 1310. The van der Waals surface area contributed by atoms with Crippen molar-refractivity contribution in [2.24, 2.45) is 0 Å². The lowest BCUT2D eigenvalue weighted by Crippen LogP contribution is -2.27.